The third-order valence-electron chi connectivity index (χ3n) is 2.68. The molecular weight excluding hydrogens is 246 g/mol. The fraction of sp³-hybridized carbons (Fsp3) is 0.500. The third kappa shape index (κ3) is 2.76. The largest absolute Gasteiger partial charge is 0.491 e. The monoisotopic (exact) mass is 259 g/mol. The van der Waals surface area contributed by atoms with E-state index in [1.54, 1.807) is 0 Å². The van der Waals surface area contributed by atoms with E-state index in [4.69, 9.17) is 0 Å². The Balaban J connectivity index is 0.00000144. The molecular formula is C10H14ClN3O3. The first-order valence-corrected chi connectivity index (χ1v) is 5.05. The number of anilines is 1. The van der Waals surface area contributed by atoms with Crippen LogP contribution in [0.3, 0.4) is 0 Å². The molecule has 6 nitrogen and oxygen atoms in total. The maximum Gasteiger partial charge on any atom is 0.310 e. The van der Waals surface area contributed by atoms with Gasteiger partial charge in [-0.05, 0) is 6.42 Å². The van der Waals surface area contributed by atoms with Crippen LogP contribution >= 0.6 is 12.4 Å². The lowest BCUT2D eigenvalue weighted by Crippen LogP contribution is -2.24. The minimum atomic E-state index is -0.217. The van der Waals surface area contributed by atoms with Crippen LogP contribution < -0.4 is 4.90 Å². The predicted octanol–water partition coefficient (Wildman–Crippen LogP) is 0.603. The lowest BCUT2D eigenvalue weighted by Gasteiger charge is -2.16. The van der Waals surface area contributed by atoms with Crippen LogP contribution in [0.4, 0.5) is 5.82 Å². The molecule has 2 heterocycles. The van der Waals surface area contributed by atoms with Gasteiger partial charge in [-0.15, -0.1) is 12.4 Å². The number of nitrogens with zero attached hydrogens (tertiary/aromatic N) is 3. The molecule has 0 aliphatic carbocycles. The van der Waals surface area contributed by atoms with Gasteiger partial charge in [0, 0.05) is 25.5 Å². The van der Waals surface area contributed by atoms with E-state index in [0.717, 1.165) is 0 Å². The van der Waals surface area contributed by atoms with E-state index in [9.17, 15) is 9.90 Å². The molecule has 17 heavy (non-hydrogen) atoms. The van der Waals surface area contributed by atoms with E-state index in [-0.39, 0.29) is 30.2 Å². The summed E-state index contributed by atoms with van der Waals surface area (Å²) in [4.78, 5) is 21.0. The molecule has 94 valence electrons. The summed E-state index contributed by atoms with van der Waals surface area (Å²) in [7, 11) is 1.38. The standard InChI is InChI=1S/C10H13N3O3.ClH/c1-16-10(15)7-2-5-13(6-7)8-9(14)12-4-3-11-8;/h3-4,7H,2,5-6H2,1H3,(H,12,14);1H. The molecule has 0 aromatic carbocycles. The molecule has 1 N–H and O–H groups in total. The second kappa shape index (κ2) is 5.67. The summed E-state index contributed by atoms with van der Waals surface area (Å²) in [6, 6.07) is 0. The van der Waals surface area contributed by atoms with Crippen molar-refractivity contribution in [2.75, 3.05) is 25.1 Å². The van der Waals surface area contributed by atoms with Crippen molar-refractivity contribution in [1.29, 1.82) is 0 Å². The number of rotatable bonds is 2. The van der Waals surface area contributed by atoms with Gasteiger partial charge in [-0.2, -0.15) is 0 Å². The minimum absolute atomic E-state index is 0. The molecule has 1 fully saturated rings. The van der Waals surface area contributed by atoms with Crippen molar-refractivity contribution < 1.29 is 14.6 Å². The van der Waals surface area contributed by atoms with Crippen LogP contribution in [0.25, 0.3) is 0 Å². The Kier molecular flexibility index (Phi) is 4.51. The van der Waals surface area contributed by atoms with Crippen LogP contribution in [0.15, 0.2) is 12.4 Å². The predicted molar refractivity (Wildman–Crippen MR) is 63.3 cm³/mol. The molecule has 1 aromatic heterocycles. The third-order valence-corrected chi connectivity index (χ3v) is 2.68. The van der Waals surface area contributed by atoms with Gasteiger partial charge < -0.3 is 14.7 Å². The van der Waals surface area contributed by atoms with Crippen molar-refractivity contribution in [3.05, 3.63) is 12.4 Å². The van der Waals surface area contributed by atoms with E-state index >= 15 is 0 Å². The lowest BCUT2D eigenvalue weighted by molar-refractivity contribution is -0.144. The van der Waals surface area contributed by atoms with Crippen molar-refractivity contribution in [1.82, 2.24) is 9.97 Å². The summed E-state index contributed by atoms with van der Waals surface area (Å²) in [5.74, 6) is -0.0424. The van der Waals surface area contributed by atoms with Gasteiger partial charge in [0.15, 0.2) is 5.82 Å². The highest BCUT2D eigenvalue weighted by Crippen LogP contribution is 2.27. The lowest BCUT2D eigenvalue weighted by atomic mass is 10.1. The summed E-state index contributed by atoms with van der Waals surface area (Å²) < 4.78 is 4.68. The Labute approximate surface area is 105 Å². The van der Waals surface area contributed by atoms with Gasteiger partial charge in [-0.1, -0.05) is 0 Å². The first-order valence-electron chi connectivity index (χ1n) is 5.05. The highest BCUT2D eigenvalue weighted by atomic mass is 35.5. The van der Waals surface area contributed by atoms with Crippen LogP contribution in [-0.2, 0) is 9.53 Å². The molecule has 0 bridgehead atoms. The van der Waals surface area contributed by atoms with Gasteiger partial charge in [0.2, 0.25) is 0 Å². The minimum Gasteiger partial charge on any atom is -0.491 e. The average Bonchev–Trinajstić information content (AvgIpc) is 2.78. The van der Waals surface area contributed by atoms with Gasteiger partial charge in [0.25, 0.3) is 5.88 Å². The second-order valence-electron chi connectivity index (χ2n) is 3.66. The quantitative estimate of drug-likeness (QED) is 0.784. The number of methoxy groups -OCH3 is 1. The number of aromatic nitrogens is 2. The molecule has 1 atom stereocenters. The number of aromatic hydroxyl groups is 1. The average molecular weight is 260 g/mol. The summed E-state index contributed by atoms with van der Waals surface area (Å²) in [5.41, 5.74) is 0. The zero-order valence-corrected chi connectivity index (χ0v) is 10.2. The number of carbonyl (C=O) groups is 1. The summed E-state index contributed by atoms with van der Waals surface area (Å²) >= 11 is 0. The van der Waals surface area contributed by atoms with Crippen LogP contribution in [0.2, 0.25) is 0 Å². The Hall–Kier alpha value is -1.56. The topological polar surface area (TPSA) is 75.5 Å². The molecule has 0 amide bonds. The van der Waals surface area contributed by atoms with E-state index in [1.807, 2.05) is 4.90 Å². The number of hydrogen-bond acceptors (Lipinski definition) is 6. The molecule has 7 heteroatoms. The molecule has 0 spiro atoms. The summed E-state index contributed by atoms with van der Waals surface area (Å²) in [5, 5.41) is 9.52. The van der Waals surface area contributed by atoms with Gasteiger partial charge >= 0.3 is 5.97 Å². The van der Waals surface area contributed by atoms with Gasteiger partial charge in [0.05, 0.1) is 13.0 Å². The van der Waals surface area contributed by atoms with E-state index in [2.05, 4.69) is 14.7 Å². The zero-order valence-electron chi connectivity index (χ0n) is 9.37. The number of carbonyl (C=O) groups excluding carboxylic acids is 1. The van der Waals surface area contributed by atoms with E-state index in [1.165, 1.54) is 19.5 Å². The normalized spacial score (nSPS) is 18.6. The van der Waals surface area contributed by atoms with Crippen LogP contribution in [0, 0.1) is 5.92 Å². The summed E-state index contributed by atoms with van der Waals surface area (Å²) in [6.07, 6.45) is 3.65. The fourth-order valence-corrected chi connectivity index (χ4v) is 1.86. The van der Waals surface area contributed by atoms with Crippen LogP contribution in [-0.4, -0.2) is 41.2 Å². The molecule has 2 rings (SSSR count). The Morgan fingerprint density at radius 2 is 2.24 bits per heavy atom. The molecule has 1 aliphatic heterocycles. The fourth-order valence-electron chi connectivity index (χ4n) is 1.86. The Morgan fingerprint density at radius 3 is 2.88 bits per heavy atom. The highest BCUT2D eigenvalue weighted by molar-refractivity contribution is 5.85. The molecule has 1 saturated heterocycles. The SMILES string of the molecule is COC(=O)C1CCN(c2nccnc2O)C1.Cl. The smallest absolute Gasteiger partial charge is 0.310 e. The Morgan fingerprint density at radius 1 is 1.53 bits per heavy atom. The van der Waals surface area contributed by atoms with Crippen molar-refractivity contribution >= 4 is 24.2 Å². The van der Waals surface area contributed by atoms with Crippen molar-refractivity contribution in [3.63, 3.8) is 0 Å². The highest BCUT2D eigenvalue weighted by Gasteiger charge is 2.30. The first-order chi connectivity index (χ1) is 7.72. The van der Waals surface area contributed by atoms with E-state index in [0.29, 0.717) is 25.3 Å². The first kappa shape index (κ1) is 13.5. The molecule has 0 radical (unpaired) electrons. The second-order valence-corrected chi connectivity index (χ2v) is 3.66. The molecule has 1 unspecified atom stereocenters. The molecule has 1 aromatic rings. The van der Waals surface area contributed by atoms with Gasteiger partial charge in [0.1, 0.15) is 0 Å². The number of hydrogen-bond donors (Lipinski definition) is 1. The van der Waals surface area contributed by atoms with Gasteiger partial charge in [-0.25, -0.2) is 9.97 Å². The van der Waals surface area contributed by atoms with Crippen molar-refractivity contribution in [2.24, 2.45) is 5.92 Å². The van der Waals surface area contributed by atoms with Gasteiger partial charge in [-0.3, -0.25) is 4.79 Å². The maximum atomic E-state index is 11.3. The van der Waals surface area contributed by atoms with E-state index < -0.39 is 0 Å². The maximum absolute atomic E-state index is 11.3. The van der Waals surface area contributed by atoms with Crippen LogP contribution in [0.1, 0.15) is 6.42 Å². The number of halogens is 1. The van der Waals surface area contributed by atoms with Crippen LogP contribution in [0.5, 0.6) is 5.88 Å². The van der Waals surface area contributed by atoms with Crippen molar-refractivity contribution in [3.8, 4) is 5.88 Å². The number of ether oxygens (including phenoxy) is 1. The zero-order chi connectivity index (χ0) is 11.5. The molecule has 0 saturated carbocycles. The van der Waals surface area contributed by atoms with Crippen molar-refractivity contribution in [2.45, 2.75) is 6.42 Å². The number of esters is 1. The molecule has 1 aliphatic rings. The summed E-state index contributed by atoms with van der Waals surface area (Å²) in [6.45, 7) is 1.19. The Bertz CT molecular complexity index is 402.